The minimum atomic E-state index is -0.355. The summed E-state index contributed by atoms with van der Waals surface area (Å²) in [6, 6.07) is 0. The molecule has 2 aliphatic rings. The lowest BCUT2D eigenvalue weighted by Gasteiger charge is -2.25. The van der Waals surface area contributed by atoms with Crippen molar-refractivity contribution in [2.45, 2.75) is 51.7 Å². The van der Waals surface area contributed by atoms with Gasteiger partial charge in [0.15, 0.2) is 0 Å². The SMILES string of the molecule is C=C1C(=O)O[C@@H]2C[C@H](C)[C@H](O)CC=C(C)CC[C@@H]12. The Labute approximate surface area is 109 Å². The molecule has 0 radical (unpaired) electrons. The molecule has 1 aliphatic carbocycles. The van der Waals surface area contributed by atoms with Gasteiger partial charge in [0.25, 0.3) is 0 Å². The van der Waals surface area contributed by atoms with Crippen molar-refractivity contribution in [1.29, 1.82) is 0 Å². The number of aliphatic hydroxyl groups excluding tert-OH is 1. The van der Waals surface area contributed by atoms with Gasteiger partial charge in [0.2, 0.25) is 0 Å². The molecule has 3 nitrogen and oxygen atoms in total. The molecule has 1 heterocycles. The summed E-state index contributed by atoms with van der Waals surface area (Å²) < 4.78 is 5.39. The number of ether oxygens (including phenoxy) is 1. The smallest absolute Gasteiger partial charge is 0.334 e. The number of rotatable bonds is 0. The lowest BCUT2D eigenvalue weighted by atomic mass is 9.83. The van der Waals surface area contributed by atoms with Crippen molar-refractivity contribution in [2.24, 2.45) is 11.8 Å². The van der Waals surface area contributed by atoms with E-state index in [4.69, 9.17) is 4.74 Å². The quantitative estimate of drug-likeness (QED) is 0.408. The van der Waals surface area contributed by atoms with Crippen molar-refractivity contribution in [1.82, 2.24) is 0 Å². The molecule has 0 aromatic heterocycles. The summed E-state index contributed by atoms with van der Waals surface area (Å²) in [5.74, 6) is -0.000445. The second-order valence-corrected chi connectivity index (χ2v) is 5.68. The minimum Gasteiger partial charge on any atom is -0.458 e. The van der Waals surface area contributed by atoms with E-state index in [1.54, 1.807) is 0 Å². The first kappa shape index (κ1) is 13.3. The molecular formula is C15H22O3. The van der Waals surface area contributed by atoms with Gasteiger partial charge >= 0.3 is 5.97 Å². The largest absolute Gasteiger partial charge is 0.458 e. The van der Waals surface area contributed by atoms with Crippen LogP contribution in [0.3, 0.4) is 0 Å². The van der Waals surface area contributed by atoms with E-state index in [9.17, 15) is 9.90 Å². The topological polar surface area (TPSA) is 46.5 Å². The number of aliphatic hydroxyl groups is 1. The standard InChI is InChI=1S/C15H22O3/c1-9-4-6-12-11(3)15(17)18-14(12)8-10(2)13(16)7-5-9/h5,10,12-14,16H,3-4,6-8H2,1-2H3/t10-,12-,13+,14+/m0/s1. The van der Waals surface area contributed by atoms with Crippen LogP contribution in [-0.2, 0) is 9.53 Å². The number of carbonyl (C=O) groups is 1. The summed E-state index contributed by atoms with van der Waals surface area (Å²) in [5, 5.41) is 10.1. The first-order chi connectivity index (χ1) is 8.49. The van der Waals surface area contributed by atoms with Crippen LogP contribution in [0, 0.1) is 11.8 Å². The van der Waals surface area contributed by atoms with Crippen LogP contribution in [0.2, 0.25) is 0 Å². The van der Waals surface area contributed by atoms with Gasteiger partial charge in [-0.05, 0) is 38.5 Å². The fourth-order valence-corrected chi connectivity index (χ4v) is 2.81. The van der Waals surface area contributed by atoms with Crippen LogP contribution in [-0.4, -0.2) is 23.3 Å². The van der Waals surface area contributed by atoms with Gasteiger partial charge in [-0.25, -0.2) is 4.79 Å². The molecule has 3 heteroatoms. The van der Waals surface area contributed by atoms with Gasteiger partial charge in [-0.15, -0.1) is 0 Å². The van der Waals surface area contributed by atoms with Crippen molar-refractivity contribution in [3.05, 3.63) is 23.8 Å². The Balaban J connectivity index is 2.19. The number of allylic oxidation sites excluding steroid dienone is 1. The van der Waals surface area contributed by atoms with Crippen LogP contribution in [0.25, 0.3) is 0 Å². The van der Waals surface area contributed by atoms with E-state index in [0.29, 0.717) is 12.0 Å². The molecule has 4 atom stereocenters. The van der Waals surface area contributed by atoms with E-state index >= 15 is 0 Å². The van der Waals surface area contributed by atoms with E-state index in [-0.39, 0.29) is 30.0 Å². The fraction of sp³-hybridized carbons (Fsp3) is 0.667. The van der Waals surface area contributed by atoms with Gasteiger partial charge in [-0.2, -0.15) is 0 Å². The third kappa shape index (κ3) is 2.66. The molecule has 2 rings (SSSR count). The highest BCUT2D eigenvalue weighted by molar-refractivity contribution is 5.90. The summed E-state index contributed by atoms with van der Waals surface area (Å²) in [6.45, 7) is 7.95. The van der Waals surface area contributed by atoms with Crippen molar-refractivity contribution < 1.29 is 14.6 Å². The van der Waals surface area contributed by atoms with E-state index in [1.807, 2.05) is 6.92 Å². The highest BCUT2D eigenvalue weighted by Crippen LogP contribution is 2.36. The van der Waals surface area contributed by atoms with Crippen LogP contribution in [0.1, 0.15) is 39.5 Å². The highest BCUT2D eigenvalue weighted by atomic mass is 16.6. The highest BCUT2D eigenvalue weighted by Gasteiger charge is 2.39. The second-order valence-electron chi connectivity index (χ2n) is 5.68. The molecular weight excluding hydrogens is 228 g/mol. The predicted molar refractivity (Wildman–Crippen MR) is 69.9 cm³/mol. The van der Waals surface area contributed by atoms with Crippen LogP contribution in [0.5, 0.6) is 0 Å². The normalized spacial score (nSPS) is 37.8. The van der Waals surface area contributed by atoms with Gasteiger partial charge in [0, 0.05) is 11.5 Å². The van der Waals surface area contributed by atoms with Crippen molar-refractivity contribution in [2.75, 3.05) is 0 Å². The van der Waals surface area contributed by atoms with E-state index in [1.165, 1.54) is 5.57 Å². The predicted octanol–water partition coefficient (Wildman–Crippen LogP) is 2.60. The Morgan fingerprint density at radius 3 is 2.94 bits per heavy atom. The third-order valence-corrected chi connectivity index (χ3v) is 4.24. The summed E-state index contributed by atoms with van der Waals surface area (Å²) in [5.41, 5.74) is 1.88. The van der Waals surface area contributed by atoms with Crippen LogP contribution < -0.4 is 0 Å². The molecule has 1 aliphatic heterocycles. The lowest BCUT2D eigenvalue weighted by Crippen LogP contribution is -2.27. The molecule has 1 fully saturated rings. The Morgan fingerprint density at radius 2 is 2.22 bits per heavy atom. The van der Waals surface area contributed by atoms with Crippen LogP contribution in [0.4, 0.5) is 0 Å². The monoisotopic (exact) mass is 250 g/mol. The maximum atomic E-state index is 11.6. The van der Waals surface area contributed by atoms with E-state index in [0.717, 1.165) is 19.3 Å². The Morgan fingerprint density at radius 1 is 1.50 bits per heavy atom. The lowest BCUT2D eigenvalue weighted by molar-refractivity contribution is -0.140. The molecule has 0 saturated carbocycles. The first-order valence-electron chi connectivity index (χ1n) is 6.72. The zero-order chi connectivity index (χ0) is 13.3. The summed E-state index contributed by atoms with van der Waals surface area (Å²) in [6.07, 6.45) is 4.94. The van der Waals surface area contributed by atoms with Gasteiger partial charge in [-0.1, -0.05) is 25.2 Å². The van der Waals surface area contributed by atoms with Crippen LogP contribution in [0.15, 0.2) is 23.8 Å². The number of fused-ring (bicyclic) bond motifs is 1. The average Bonchev–Trinajstić information content (AvgIpc) is 2.59. The Hall–Kier alpha value is -1.09. The zero-order valence-corrected chi connectivity index (χ0v) is 11.2. The minimum absolute atomic E-state index is 0.0967. The number of esters is 1. The van der Waals surface area contributed by atoms with Crippen molar-refractivity contribution in [3.8, 4) is 0 Å². The first-order valence-corrected chi connectivity index (χ1v) is 6.72. The molecule has 1 saturated heterocycles. The zero-order valence-electron chi connectivity index (χ0n) is 11.2. The summed E-state index contributed by atoms with van der Waals surface area (Å²) in [7, 11) is 0. The second kappa shape index (κ2) is 5.27. The van der Waals surface area contributed by atoms with Crippen molar-refractivity contribution >= 4 is 5.97 Å². The molecule has 18 heavy (non-hydrogen) atoms. The number of carbonyl (C=O) groups excluding carboxylic acids is 1. The van der Waals surface area contributed by atoms with Gasteiger partial charge in [-0.3, -0.25) is 0 Å². The number of hydrogen-bond acceptors (Lipinski definition) is 3. The Kier molecular flexibility index (Phi) is 3.91. The van der Waals surface area contributed by atoms with E-state index < -0.39 is 0 Å². The average molecular weight is 250 g/mol. The maximum absolute atomic E-state index is 11.6. The molecule has 0 unspecified atom stereocenters. The molecule has 0 amide bonds. The van der Waals surface area contributed by atoms with Crippen LogP contribution >= 0.6 is 0 Å². The molecule has 0 aromatic rings. The molecule has 0 aromatic carbocycles. The fourth-order valence-electron chi connectivity index (χ4n) is 2.81. The molecule has 0 bridgehead atoms. The maximum Gasteiger partial charge on any atom is 0.334 e. The Bertz CT molecular complexity index is 383. The molecule has 100 valence electrons. The number of hydrogen-bond donors (Lipinski definition) is 1. The molecule has 0 spiro atoms. The summed E-state index contributed by atoms with van der Waals surface area (Å²) >= 11 is 0. The van der Waals surface area contributed by atoms with Gasteiger partial charge in [0.05, 0.1) is 6.10 Å². The van der Waals surface area contributed by atoms with Gasteiger partial charge < -0.3 is 9.84 Å². The third-order valence-electron chi connectivity index (χ3n) is 4.24. The van der Waals surface area contributed by atoms with Gasteiger partial charge in [0.1, 0.15) is 6.10 Å². The molecule has 1 N–H and O–H groups in total. The van der Waals surface area contributed by atoms with Crippen molar-refractivity contribution in [3.63, 3.8) is 0 Å². The van der Waals surface area contributed by atoms with E-state index in [2.05, 4.69) is 19.6 Å². The summed E-state index contributed by atoms with van der Waals surface area (Å²) in [4.78, 5) is 11.6.